The Morgan fingerprint density at radius 2 is 1.95 bits per heavy atom. The van der Waals surface area contributed by atoms with Crippen molar-refractivity contribution in [3.63, 3.8) is 0 Å². The third kappa shape index (κ3) is 5.25. The fourth-order valence-corrected chi connectivity index (χ4v) is 5.67. The number of benzene rings is 2. The van der Waals surface area contributed by atoms with E-state index in [0.717, 1.165) is 17.8 Å². The Kier molecular flexibility index (Phi) is 8.03. The molecule has 2 aromatic carbocycles. The molecule has 0 spiro atoms. The van der Waals surface area contributed by atoms with Gasteiger partial charge in [0.15, 0.2) is 5.82 Å². The Morgan fingerprint density at radius 3 is 2.60 bits per heavy atom. The third-order valence-electron chi connectivity index (χ3n) is 7.77. The minimum Gasteiger partial charge on any atom is -0.493 e. The van der Waals surface area contributed by atoms with E-state index >= 15 is 8.78 Å². The Bertz CT molecular complexity index is 1860. The van der Waals surface area contributed by atoms with Gasteiger partial charge in [-0.25, -0.2) is 13.6 Å². The quantitative estimate of drug-likeness (QED) is 0.137. The van der Waals surface area contributed by atoms with Crippen molar-refractivity contribution < 1.29 is 23.8 Å². The number of carboxylic acid groups (broad SMARTS) is 1. The molecule has 2 aromatic heterocycles. The van der Waals surface area contributed by atoms with Crippen molar-refractivity contribution >= 4 is 56.5 Å². The topological polar surface area (TPSA) is 144 Å². The number of thiocarbonyl (C=S) groups is 1. The average molecular weight is 614 g/mol. The summed E-state index contributed by atoms with van der Waals surface area (Å²) in [5.41, 5.74) is 5.25. The van der Waals surface area contributed by atoms with E-state index in [0.29, 0.717) is 23.1 Å². The summed E-state index contributed by atoms with van der Waals surface area (Å²) >= 11 is 4.78. The first-order valence-electron chi connectivity index (χ1n) is 13.4. The molecule has 1 aliphatic heterocycles. The highest BCUT2D eigenvalue weighted by Crippen LogP contribution is 2.37. The molecule has 0 amide bonds. The lowest BCUT2D eigenvalue weighted by Gasteiger charge is -2.41. The number of hydrogen-bond acceptors (Lipinski definition) is 8. The van der Waals surface area contributed by atoms with Crippen molar-refractivity contribution in [1.82, 2.24) is 19.5 Å². The molecule has 5 rings (SSSR count). The van der Waals surface area contributed by atoms with E-state index in [4.69, 9.17) is 12.2 Å². The molecule has 1 saturated heterocycles. The molecule has 0 saturated carbocycles. The van der Waals surface area contributed by atoms with Gasteiger partial charge in [0.05, 0.1) is 23.1 Å². The van der Waals surface area contributed by atoms with Gasteiger partial charge in [0.1, 0.15) is 22.8 Å². The molecule has 12 nitrogen and oxygen atoms in total. The number of rotatable bonds is 7. The number of nitrogens with zero attached hydrogens (tertiary/aromatic N) is 5. The highest BCUT2D eigenvalue weighted by molar-refractivity contribution is 7.80. The first-order chi connectivity index (χ1) is 20.5. The number of nitrogens with one attached hydrogen (secondary N) is 2. The Balaban J connectivity index is 1.45. The first-order valence-corrected chi connectivity index (χ1v) is 13.9. The van der Waals surface area contributed by atoms with Crippen LogP contribution in [0.2, 0.25) is 0 Å². The van der Waals surface area contributed by atoms with E-state index < -0.39 is 28.6 Å². The van der Waals surface area contributed by atoms with Gasteiger partial charge in [-0.1, -0.05) is 11.6 Å². The first kappa shape index (κ1) is 29.8. The van der Waals surface area contributed by atoms with Gasteiger partial charge in [-0.2, -0.15) is 0 Å². The molecule has 0 aliphatic carbocycles. The fourth-order valence-electron chi connectivity index (χ4n) is 5.62. The molecule has 1 fully saturated rings. The summed E-state index contributed by atoms with van der Waals surface area (Å²) in [5.74, 6) is -3.47. The van der Waals surface area contributed by atoms with Crippen LogP contribution in [0.1, 0.15) is 29.8 Å². The number of piperazine rings is 1. The van der Waals surface area contributed by atoms with E-state index in [-0.39, 0.29) is 59.9 Å². The van der Waals surface area contributed by atoms with Crippen LogP contribution in [0.4, 0.5) is 20.2 Å². The van der Waals surface area contributed by atoms with Gasteiger partial charge in [0.2, 0.25) is 11.3 Å². The van der Waals surface area contributed by atoms with Crippen molar-refractivity contribution in [3.8, 4) is 5.88 Å². The van der Waals surface area contributed by atoms with Crippen molar-refractivity contribution in [2.24, 2.45) is 5.18 Å². The van der Waals surface area contributed by atoms with Crippen molar-refractivity contribution in [2.75, 3.05) is 30.0 Å². The van der Waals surface area contributed by atoms with Gasteiger partial charge >= 0.3 is 5.97 Å². The van der Waals surface area contributed by atoms with E-state index in [1.807, 2.05) is 36.9 Å². The van der Waals surface area contributed by atoms with Gasteiger partial charge < -0.3 is 19.7 Å². The van der Waals surface area contributed by atoms with Gasteiger partial charge in [-0.05, 0) is 51.2 Å². The minimum atomic E-state index is -1.47. The van der Waals surface area contributed by atoms with Crippen molar-refractivity contribution in [1.29, 1.82) is 0 Å². The lowest BCUT2D eigenvalue weighted by molar-refractivity contribution is 0.0694. The summed E-state index contributed by atoms with van der Waals surface area (Å²) < 4.78 is 34.4. The van der Waals surface area contributed by atoms with Gasteiger partial charge in [-0.3, -0.25) is 25.1 Å². The van der Waals surface area contributed by atoms with E-state index in [1.165, 1.54) is 4.57 Å². The van der Waals surface area contributed by atoms with E-state index in [1.54, 1.807) is 16.4 Å². The zero-order valence-electron chi connectivity index (χ0n) is 23.5. The van der Waals surface area contributed by atoms with Gasteiger partial charge in [-0.15, -0.1) is 4.91 Å². The summed E-state index contributed by atoms with van der Waals surface area (Å²) in [6.07, 6.45) is 1.08. The monoisotopic (exact) mass is 613 g/mol. The second-order valence-electron chi connectivity index (χ2n) is 10.4. The molecule has 3 heterocycles. The molecule has 0 radical (unpaired) electrons. The number of aryl methyl sites for hydroxylation is 2. The molecule has 4 aromatic rings. The molecule has 4 N–H and O–H groups in total. The van der Waals surface area contributed by atoms with E-state index in [2.05, 4.69) is 16.0 Å². The number of fused-ring (bicyclic) bond motifs is 2. The minimum absolute atomic E-state index is 0.110. The van der Waals surface area contributed by atoms with Crippen LogP contribution in [0.15, 0.2) is 40.4 Å². The van der Waals surface area contributed by atoms with Crippen LogP contribution in [-0.2, 0) is 13.2 Å². The number of aromatic nitrogens is 2. The highest BCUT2D eigenvalue weighted by Gasteiger charge is 2.31. The predicted octanol–water partition coefficient (Wildman–Crippen LogP) is 4.10. The second kappa shape index (κ2) is 11.6. The lowest BCUT2D eigenvalue weighted by Crippen LogP contribution is -2.52. The fraction of sp³-hybridized carbons (Fsp3) is 0.321. The van der Waals surface area contributed by atoms with Crippen LogP contribution < -0.4 is 21.2 Å². The normalized spacial score (nSPS) is 15.7. The Hall–Kier alpha value is -4.63. The zero-order valence-corrected chi connectivity index (χ0v) is 24.3. The second-order valence-corrected chi connectivity index (χ2v) is 10.8. The maximum absolute atomic E-state index is 16.0. The smallest absolute Gasteiger partial charge is 0.341 e. The molecule has 1 atom stereocenters. The summed E-state index contributed by atoms with van der Waals surface area (Å²) in [7, 11) is 0. The predicted molar refractivity (Wildman–Crippen MR) is 163 cm³/mol. The number of anilines is 2. The van der Waals surface area contributed by atoms with Crippen molar-refractivity contribution in [3.05, 3.63) is 68.4 Å². The number of pyridine rings is 1. The summed E-state index contributed by atoms with van der Waals surface area (Å²) in [6.45, 7) is 6.72. The molecule has 1 unspecified atom stereocenters. The van der Waals surface area contributed by atoms with Gasteiger partial charge in [0.25, 0.3) is 5.11 Å². The molecule has 0 bridgehead atoms. The largest absolute Gasteiger partial charge is 0.493 e. The highest BCUT2D eigenvalue weighted by atomic mass is 32.1. The maximum Gasteiger partial charge on any atom is 0.341 e. The SMILES string of the molecule is CCn1cc(C(=O)O)c(=O)c2cc(F)c(N3CCN(Cn4c(O)c(NNC(=S)N=O)c5cc(C)ccc54)C(C)C3)c(F)c21. The van der Waals surface area contributed by atoms with Crippen LogP contribution in [0.25, 0.3) is 21.8 Å². The molecule has 43 heavy (non-hydrogen) atoms. The van der Waals surface area contributed by atoms with E-state index in [9.17, 15) is 24.7 Å². The number of halogens is 2. The number of carbonyl (C=O) groups is 1. The zero-order chi connectivity index (χ0) is 31.2. The molecule has 226 valence electrons. The number of aromatic carboxylic acids is 1. The number of hydrazine groups is 1. The molecule has 1 aliphatic rings. The Morgan fingerprint density at radius 1 is 1.21 bits per heavy atom. The van der Waals surface area contributed by atoms with Gasteiger partial charge in [0, 0.05) is 49.0 Å². The maximum atomic E-state index is 16.0. The summed E-state index contributed by atoms with van der Waals surface area (Å²) in [5, 5.41) is 23.2. The Labute approximate surface area is 249 Å². The molecular weight excluding hydrogens is 584 g/mol. The lowest BCUT2D eigenvalue weighted by atomic mass is 10.1. The third-order valence-corrected chi connectivity index (χ3v) is 7.95. The van der Waals surface area contributed by atoms with Crippen molar-refractivity contribution in [2.45, 2.75) is 40.0 Å². The van der Waals surface area contributed by atoms with Crippen LogP contribution in [0.5, 0.6) is 5.88 Å². The molecular formula is C28H29F2N7O5S. The number of hydrogen-bond donors (Lipinski definition) is 4. The van der Waals surface area contributed by atoms with Crippen LogP contribution in [0.3, 0.4) is 0 Å². The molecule has 15 heteroatoms. The number of carboxylic acids is 1. The number of nitroso groups, excluding NO2 is 1. The van der Waals surface area contributed by atoms with Crippen LogP contribution in [-0.4, -0.2) is 61.0 Å². The summed E-state index contributed by atoms with van der Waals surface area (Å²) in [4.78, 5) is 38.6. The van der Waals surface area contributed by atoms with Crippen LogP contribution in [0, 0.1) is 23.5 Å². The van der Waals surface area contributed by atoms with Crippen LogP contribution >= 0.6 is 12.2 Å². The standard InChI is InChI=1S/C28H29F2N7O5S/c1-4-34-12-18(27(40)41)25(38)17-10-19(29)24(21(30)23(17)34)35-7-8-36(15(3)11-35)13-37-20-6-5-14(2)9-16(20)22(26(37)39)31-32-28(43)33-42/h5-6,9-10,12,15,31,39H,4,7-8,11,13H2,1-3H3,(H,32,43)(H,40,41). The summed E-state index contributed by atoms with van der Waals surface area (Å²) in [6, 6.07) is 6.31. The number of aromatic hydroxyl groups is 1. The average Bonchev–Trinajstić information content (AvgIpc) is 3.22.